The Balaban J connectivity index is 1.83. The second-order valence-electron chi connectivity index (χ2n) is 5.39. The minimum Gasteiger partial charge on any atom is -0.347 e. The van der Waals surface area contributed by atoms with Gasteiger partial charge in [0.1, 0.15) is 0 Å². The third-order valence-corrected chi connectivity index (χ3v) is 4.39. The molecule has 23 heavy (non-hydrogen) atoms. The van der Waals surface area contributed by atoms with Gasteiger partial charge in [0.25, 0.3) is 0 Å². The van der Waals surface area contributed by atoms with Gasteiger partial charge in [-0.1, -0.05) is 40.2 Å². The van der Waals surface area contributed by atoms with Gasteiger partial charge in [0.2, 0.25) is 11.8 Å². The zero-order valence-electron chi connectivity index (χ0n) is 13.2. The minimum absolute atomic E-state index is 0.0418. The predicted molar refractivity (Wildman–Crippen MR) is 95.4 cm³/mol. The number of anilines is 1. The van der Waals surface area contributed by atoms with E-state index in [0.29, 0.717) is 5.69 Å². The lowest BCUT2D eigenvalue weighted by atomic mass is 10.1. The van der Waals surface area contributed by atoms with Crippen molar-refractivity contribution in [1.82, 2.24) is 5.32 Å². The lowest BCUT2D eigenvalue weighted by Gasteiger charge is -2.09. The van der Waals surface area contributed by atoms with E-state index in [2.05, 4.69) is 26.6 Å². The van der Waals surface area contributed by atoms with Crippen LogP contribution in [-0.4, -0.2) is 18.4 Å². The molecule has 0 fully saturated rings. The molecule has 4 nitrogen and oxygen atoms in total. The number of halogens is 1. The van der Waals surface area contributed by atoms with E-state index in [4.69, 9.17) is 0 Å². The van der Waals surface area contributed by atoms with Crippen molar-refractivity contribution in [3.05, 3.63) is 63.6 Å². The van der Waals surface area contributed by atoms with Crippen molar-refractivity contribution in [2.24, 2.45) is 0 Å². The zero-order valence-corrected chi connectivity index (χ0v) is 14.7. The van der Waals surface area contributed by atoms with Crippen LogP contribution in [0.1, 0.15) is 16.7 Å². The molecule has 0 aliphatic rings. The second-order valence-corrected chi connectivity index (χ2v) is 6.25. The van der Waals surface area contributed by atoms with Gasteiger partial charge in [-0.2, -0.15) is 0 Å². The third-order valence-electron chi connectivity index (χ3n) is 3.50. The Kier molecular flexibility index (Phi) is 5.93. The van der Waals surface area contributed by atoms with Crippen molar-refractivity contribution >= 4 is 33.4 Å². The highest BCUT2D eigenvalue weighted by Gasteiger charge is 2.08. The molecule has 2 N–H and O–H groups in total. The number of hydrogen-bond acceptors (Lipinski definition) is 2. The fourth-order valence-electron chi connectivity index (χ4n) is 2.15. The topological polar surface area (TPSA) is 58.2 Å². The zero-order chi connectivity index (χ0) is 16.8. The molecule has 0 radical (unpaired) electrons. The lowest BCUT2D eigenvalue weighted by Crippen LogP contribution is -2.33. The SMILES string of the molecule is Cc1cc(NC(=O)CNC(=O)Cc2ccccc2C)ccc1Br. The van der Waals surface area contributed by atoms with Gasteiger partial charge >= 0.3 is 0 Å². The Morgan fingerprint density at radius 2 is 1.74 bits per heavy atom. The van der Waals surface area contributed by atoms with E-state index < -0.39 is 0 Å². The van der Waals surface area contributed by atoms with Crippen molar-refractivity contribution < 1.29 is 9.59 Å². The molecule has 2 amide bonds. The number of carbonyl (C=O) groups is 2. The molecule has 2 aromatic carbocycles. The first-order valence-corrected chi connectivity index (χ1v) is 8.12. The summed E-state index contributed by atoms with van der Waals surface area (Å²) in [6.07, 6.45) is 0.275. The number of hydrogen-bond donors (Lipinski definition) is 2. The first kappa shape index (κ1) is 17.2. The quantitative estimate of drug-likeness (QED) is 0.842. The van der Waals surface area contributed by atoms with Crippen molar-refractivity contribution in [3.63, 3.8) is 0 Å². The molecular weight excluding hydrogens is 356 g/mol. The number of benzene rings is 2. The van der Waals surface area contributed by atoms with Crippen LogP contribution in [0.25, 0.3) is 0 Å². The molecule has 0 aliphatic heterocycles. The van der Waals surface area contributed by atoms with Crippen LogP contribution in [0.4, 0.5) is 5.69 Å². The largest absolute Gasteiger partial charge is 0.347 e. The second kappa shape index (κ2) is 7.92. The smallest absolute Gasteiger partial charge is 0.243 e. The monoisotopic (exact) mass is 374 g/mol. The van der Waals surface area contributed by atoms with Crippen LogP contribution < -0.4 is 10.6 Å². The molecule has 5 heteroatoms. The fraction of sp³-hybridized carbons (Fsp3) is 0.222. The van der Waals surface area contributed by atoms with Crippen molar-refractivity contribution in [2.75, 3.05) is 11.9 Å². The summed E-state index contributed by atoms with van der Waals surface area (Å²) in [4.78, 5) is 23.8. The van der Waals surface area contributed by atoms with Crippen LogP contribution in [0.2, 0.25) is 0 Å². The van der Waals surface area contributed by atoms with Crippen LogP contribution in [0.3, 0.4) is 0 Å². The maximum absolute atomic E-state index is 11.9. The molecule has 0 bridgehead atoms. The molecule has 120 valence electrons. The Morgan fingerprint density at radius 1 is 1.00 bits per heavy atom. The van der Waals surface area contributed by atoms with E-state index in [1.807, 2.05) is 56.3 Å². The van der Waals surface area contributed by atoms with Gasteiger partial charge in [0.05, 0.1) is 13.0 Å². The highest BCUT2D eigenvalue weighted by atomic mass is 79.9. The predicted octanol–water partition coefficient (Wildman–Crippen LogP) is 3.36. The van der Waals surface area contributed by atoms with Crippen molar-refractivity contribution in [1.29, 1.82) is 0 Å². The molecule has 0 saturated carbocycles. The molecule has 0 unspecified atom stereocenters. The van der Waals surface area contributed by atoms with E-state index in [-0.39, 0.29) is 24.8 Å². The number of aryl methyl sites for hydroxylation is 2. The van der Waals surface area contributed by atoms with Crippen LogP contribution >= 0.6 is 15.9 Å². The first-order valence-electron chi connectivity index (χ1n) is 7.33. The number of amides is 2. The van der Waals surface area contributed by atoms with Gasteiger partial charge in [-0.25, -0.2) is 0 Å². The summed E-state index contributed by atoms with van der Waals surface area (Å²) in [7, 11) is 0. The number of carbonyl (C=O) groups excluding carboxylic acids is 2. The molecule has 0 atom stereocenters. The summed E-state index contributed by atoms with van der Waals surface area (Å²) in [6, 6.07) is 13.3. The Hall–Kier alpha value is -2.14. The standard InChI is InChI=1S/C18H19BrN2O2/c1-12-5-3-4-6-14(12)10-17(22)20-11-18(23)21-15-7-8-16(19)13(2)9-15/h3-9H,10-11H2,1-2H3,(H,20,22)(H,21,23). The van der Waals surface area contributed by atoms with Gasteiger partial charge < -0.3 is 10.6 Å². The summed E-state index contributed by atoms with van der Waals surface area (Å²) in [5, 5.41) is 5.41. The van der Waals surface area contributed by atoms with Crippen molar-refractivity contribution in [3.8, 4) is 0 Å². The molecule has 2 rings (SSSR count). The van der Waals surface area contributed by atoms with Crippen molar-refractivity contribution in [2.45, 2.75) is 20.3 Å². The van der Waals surface area contributed by atoms with E-state index in [9.17, 15) is 9.59 Å². The Morgan fingerprint density at radius 3 is 2.43 bits per heavy atom. The summed E-state index contributed by atoms with van der Waals surface area (Å²) >= 11 is 3.41. The first-order chi connectivity index (χ1) is 11.0. The van der Waals surface area contributed by atoms with Gasteiger partial charge in [-0.15, -0.1) is 0 Å². The Bertz CT molecular complexity index is 729. The maximum Gasteiger partial charge on any atom is 0.243 e. The van der Waals surface area contributed by atoms with Crippen LogP contribution in [0, 0.1) is 13.8 Å². The summed E-state index contributed by atoms with van der Waals surface area (Å²) < 4.78 is 0.988. The van der Waals surface area contributed by atoms with E-state index in [1.165, 1.54) is 0 Å². The molecule has 0 saturated heterocycles. The van der Waals surface area contributed by atoms with Crippen LogP contribution in [-0.2, 0) is 16.0 Å². The van der Waals surface area contributed by atoms with Gasteiger partial charge in [-0.05, 0) is 48.7 Å². The molecule has 2 aromatic rings. The molecule has 0 heterocycles. The fourth-order valence-corrected chi connectivity index (χ4v) is 2.40. The number of nitrogens with one attached hydrogen (secondary N) is 2. The third kappa shape index (κ3) is 5.21. The summed E-state index contributed by atoms with van der Waals surface area (Å²) in [6.45, 7) is 3.87. The lowest BCUT2D eigenvalue weighted by molar-refractivity contribution is -0.123. The molecule has 0 spiro atoms. The van der Waals surface area contributed by atoms with E-state index >= 15 is 0 Å². The van der Waals surface area contributed by atoms with Crippen LogP contribution in [0.15, 0.2) is 46.9 Å². The summed E-state index contributed by atoms with van der Waals surface area (Å²) in [5.41, 5.74) is 3.78. The minimum atomic E-state index is -0.246. The average Bonchev–Trinajstić information content (AvgIpc) is 2.51. The van der Waals surface area contributed by atoms with Gasteiger partial charge in [0, 0.05) is 10.2 Å². The van der Waals surface area contributed by atoms with E-state index in [1.54, 1.807) is 0 Å². The van der Waals surface area contributed by atoms with E-state index in [0.717, 1.165) is 21.2 Å². The summed E-state index contributed by atoms with van der Waals surface area (Å²) in [5.74, 6) is -0.411. The van der Waals surface area contributed by atoms with Crippen LogP contribution in [0.5, 0.6) is 0 Å². The highest BCUT2D eigenvalue weighted by Crippen LogP contribution is 2.19. The normalized spacial score (nSPS) is 10.2. The van der Waals surface area contributed by atoms with Gasteiger partial charge in [0.15, 0.2) is 0 Å². The molecule has 0 aromatic heterocycles. The number of rotatable bonds is 5. The average molecular weight is 375 g/mol. The highest BCUT2D eigenvalue weighted by molar-refractivity contribution is 9.10. The molecular formula is C18H19BrN2O2. The molecule has 0 aliphatic carbocycles. The van der Waals surface area contributed by atoms with Gasteiger partial charge in [-0.3, -0.25) is 9.59 Å². The maximum atomic E-state index is 11.9. The Labute approximate surface area is 144 Å².